The van der Waals surface area contributed by atoms with Crippen molar-refractivity contribution >= 4 is 11.3 Å². The van der Waals surface area contributed by atoms with Crippen molar-refractivity contribution in [1.82, 2.24) is 5.32 Å². The molecule has 1 N–H and O–H groups in total. The summed E-state index contributed by atoms with van der Waals surface area (Å²) >= 11 is 1.97. The number of hydrogen-bond acceptors (Lipinski definition) is 2. The van der Waals surface area contributed by atoms with Crippen LogP contribution in [0.1, 0.15) is 47.0 Å². The number of thiophene rings is 1. The number of hydrogen-bond donors (Lipinski definition) is 1. The second-order valence-electron chi connectivity index (χ2n) is 4.70. The van der Waals surface area contributed by atoms with Crippen molar-refractivity contribution in [2.45, 2.75) is 45.6 Å². The van der Waals surface area contributed by atoms with E-state index in [9.17, 15) is 0 Å². The van der Waals surface area contributed by atoms with Crippen molar-refractivity contribution in [2.24, 2.45) is 5.92 Å². The van der Waals surface area contributed by atoms with Gasteiger partial charge in [0.25, 0.3) is 0 Å². The molecule has 1 aromatic heterocycles. The third-order valence-electron chi connectivity index (χ3n) is 3.67. The zero-order valence-corrected chi connectivity index (χ0v) is 10.8. The van der Waals surface area contributed by atoms with E-state index in [1.165, 1.54) is 36.1 Å². The molecule has 1 aliphatic rings. The molecule has 84 valence electrons. The summed E-state index contributed by atoms with van der Waals surface area (Å²) in [6, 6.07) is 2.98. The minimum absolute atomic E-state index is 0.602. The molecule has 1 atom stereocenters. The largest absolute Gasteiger partial charge is 0.312 e. The van der Waals surface area contributed by atoms with E-state index in [4.69, 9.17) is 0 Å². The van der Waals surface area contributed by atoms with E-state index < -0.39 is 0 Å². The highest BCUT2D eigenvalue weighted by Crippen LogP contribution is 2.38. The summed E-state index contributed by atoms with van der Waals surface area (Å²) in [5.74, 6) is 0.868. The van der Waals surface area contributed by atoms with E-state index in [0.29, 0.717) is 6.04 Å². The van der Waals surface area contributed by atoms with Gasteiger partial charge < -0.3 is 5.32 Å². The van der Waals surface area contributed by atoms with E-state index in [-0.39, 0.29) is 0 Å². The summed E-state index contributed by atoms with van der Waals surface area (Å²) in [5, 5.41) is 3.51. The molecule has 1 unspecified atom stereocenters. The van der Waals surface area contributed by atoms with Gasteiger partial charge in [0.05, 0.1) is 0 Å². The maximum absolute atomic E-state index is 3.51. The van der Waals surface area contributed by atoms with Crippen molar-refractivity contribution in [3.05, 3.63) is 21.4 Å². The van der Waals surface area contributed by atoms with Gasteiger partial charge in [-0.05, 0) is 51.3 Å². The molecular formula is C13H21NS. The zero-order valence-electron chi connectivity index (χ0n) is 9.97. The van der Waals surface area contributed by atoms with Gasteiger partial charge in [0.2, 0.25) is 0 Å². The van der Waals surface area contributed by atoms with E-state index in [2.05, 4.69) is 32.3 Å². The highest BCUT2D eigenvalue weighted by atomic mass is 32.1. The van der Waals surface area contributed by atoms with Crippen LogP contribution < -0.4 is 5.32 Å². The van der Waals surface area contributed by atoms with Gasteiger partial charge in [-0.15, -0.1) is 11.3 Å². The van der Waals surface area contributed by atoms with E-state index in [1.807, 2.05) is 11.3 Å². The van der Waals surface area contributed by atoms with Gasteiger partial charge in [-0.1, -0.05) is 12.8 Å². The topological polar surface area (TPSA) is 12.0 Å². The summed E-state index contributed by atoms with van der Waals surface area (Å²) < 4.78 is 0. The predicted octanol–water partition coefficient (Wildman–Crippen LogP) is 3.82. The molecule has 0 saturated heterocycles. The summed E-state index contributed by atoms with van der Waals surface area (Å²) in [4.78, 5) is 3.02. The first-order chi connectivity index (χ1) is 7.22. The lowest BCUT2D eigenvalue weighted by Crippen LogP contribution is -2.22. The van der Waals surface area contributed by atoms with Gasteiger partial charge in [-0.3, -0.25) is 0 Å². The Hall–Kier alpha value is -0.340. The summed E-state index contributed by atoms with van der Waals surface area (Å²) in [6.07, 6.45) is 5.65. The van der Waals surface area contributed by atoms with Crippen molar-refractivity contribution in [2.75, 3.05) is 7.05 Å². The van der Waals surface area contributed by atoms with E-state index in [0.717, 1.165) is 5.92 Å². The molecule has 1 aliphatic carbocycles. The molecule has 1 saturated carbocycles. The SMILES string of the molecule is CNC(c1cc(C)c(C)s1)C1CCCC1. The average molecular weight is 223 g/mol. The number of nitrogens with one attached hydrogen (secondary N) is 1. The summed E-state index contributed by atoms with van der Waals surface area (Å²) in [7, 11) is 2.10. The Kier molecular flexibility index (Phi) is 3.47. The van der Waals surface area contributed by atoms with Crippen LogP contribution in [0.25, 0.3) is 0 Å². The Morgan fingerprint density at radius 3 is 2.47 bits per heavy atom. The monoisotopic (exact) mass is 223 g/mol. The standard InChI is InChI=1S/C13H21NS/c1-9-8-12(15-10(9)2)13(14-3)11-6-4-5-7-11/h8,11,13-14H,4-7H2,1-3H3. The average Bonchev–Trinajstić information content (AvgIpc) is 2.80. The Balaban J connectivity index is 2.18. The molecule has 1 fully saturated rings. The fraction of sp³-hybridized carbons (Fsp3) is 0.692. The molecular weight excluding hydrogens is 202 g/mol. The smallest absolute Gasteiger partial charge is 0.0441 e. The second-order valence-corrected chi connectivity index (χ2v) is 5.99. The molecule has 0 spiro atoms. The highest BCUT2D eigenvalue weighted by Gasteiger charge is 2.26. The van der Waals surface area contributed by atoms with Crippen molar-refractivity contribution in [3.63, 3.8) is 0 Å². The first-order valence-corrected chi connectivity index (χ1v) is 6.78. The van der Waals surface area contributed by atoms with Gasteiger partial charge in [-0.2, -0.15) is 0 Å². The van der Waals surface area contributed by atoms with Crippen LogP contribution in [0, 0.1) is 19.8 Å². The molecule has 0 amide bonds. The Bertz CT molecular complexity index is 304. The third kappa shape index (κ3) is 2.26. The van der Waals surface area contributed by atoms with Crippen molar-refractivity contribution in [1.29, 1.82) is 0 Å². The van der Waals surface area contributed by atoms with Crippen LogP contribution in [0.2, 0.25) is 0 Å². The van der Waals surface area contributed by atoms with Crippen LogP contribution in [-0.2, 0) is 0 Å². The van der Waals surface area contributed by atoms with E-state index in [1.54, 1.807) is 4.88 Å². The molecule has 1 aromatic rings. The lowest BCUT2D eigenvalue weighted by atomic mass is 9.96. The van der Waals surface area contributed by atoms with Crippen LogP contribution >= 0.6 is 11.3 Å². The summed E-state index contributed by atoms with van der Waals surface area (Å²) in [5.41, 5.74) is 1.45. The predicted molar refractivity (Wildman–Crippen MR) is 67.6 cm³/mol. The fourth-order valence-corrected chi connectivity index (χ4v) is 3.90. The molecule has 1 heterocycles. The van der Waals surface area contributed by atoms with Crippen molar-refractivity contribution in [3.8, 4) is 0 Å². The first-order valence-electron chi connectivity index (χ1n) is 5.96. The Morgan fingerprint density at radius 2 is 2.00 bits per heavy atom. The van der Waals surface area contributed by atoms with Crippen LogP contribution in [-0.4, -0.2) is 7.05 Å². The second kappa shape index (κ2) is 4.67. The van der Waals surface area contributed by atoms with Gasteiger partial charge in [0, 0.05) is 15.8 Å². The lowest BCUT2D eigenvalue weighted by Gasteiger charge is -2.21. The van der Waals surface area contributed by atoms with Crippen molar-refractivity contribution < 1.29 is 0 Å². The molecule has 0 aromatic carbocycles. The number of rotatable bonds is 3. The van der Waals surface area contributed by atoms with Crippen LogP contribution in [0.5, 0.6) is 0 Å². The number of aryl methyl sites for hydroxylation is 2. The van der Waals surface area contributed by atoms with Gasteiger partial charge in [0.1, 0.15) is 0 Å². The maximum Gasteiger partial charge on any atom is 0.0441 e. The van der Waals surface area contributed by atoms with Crippen LogP contribution in [0.4, 0.5) is 0 Å². The fourth-order valence-electron chi connectivity index (χ4n) is 2.66. The highest BCUT2D eigenvalue weighted by molar-refractivity contribution is 7.12. The van der Waals surface area contributed by atoms with Gasteiger partial charge in [-0.25, -0.2) is 0 Å². The lowest BCUT2D eigenvalue weighted by molar-refractivity contribution is 0.395. The minimum Gasteiger partial charge on any atom is -0.312 e. The van der Waals surface area contributed by atoms with E-state index >= 15 is 0 Å². The molecule has 15 heavy (non-hydrogen) atoms. The molecule has 1 nitrogen and oxygen atoms in total. The van der Waals surface area contributed by atoms with Gasteiger partial charge >= 0.3 is 0 Å². The molecule has 0 aliphatic heterocycles. The maximum atomic E-state index is 3.51. The van der Waals surface area contributed by atoms with Crippen LogP contribution in [0.3, 0.4) is 0 Å². The zero-order chi connectivity index (χ0) is 10.8. The normalized spacial score (nSPS) is 19.7. The van der Waals surface area contributed by atoms with Crippen LogP contribution in [0.15, 0.2) is 6.07 Å². The van der Waals surface area contributed by atoms with Gasteiger partial charge in [0.15, 0.2) is 0 Å². The molecule has 0 radical (unpaired) electrons. The molecule has 2 heteroatoms. The third-order valence-corrected chi connectivity index (χ3v) is 4.91. The summed E-state index contributed by atoms with van der Waals surface area (Å²) in [6.45, 7) is 4.45. The first kappa shape index (κ1) is 11.2. The Labute approximate surface area is 96.9 Å². The minimum atomic E-state index is 0.602. The molecule has 0 bridgehead atoms. The Morgan fingerprint density at radius 1 is 1.33 bits per heavy atom. The quantitative estimate of drug-likeness (QED) is 0.821. The molecule has 2 rings (SSSR count).